The van der Waals surface area contributed by atoms with Crippen molar-refractivity contribution in [3.63, 3.8) is 0 Å². The van der Waals surface area contributed by atoms with Crippen molar-refractivity contribution in [1.82, 2.24) is 10.3 Å². The van der Waals surface area contributed by atoms with Gasteiger partial charge in [0.05, 0.1) is 4.92 Å². The molecule has 0 saturated carbocycles. The SMILES string of the molecule is O=[N+]([O-])c1cnc(N2CCCC(C3CCCN3)C2)s1. The molecule has 0 bridgehead atoms. The molecule has 1 aromatic rings. The monoisotopic (exact) mass is 282 g/mol. The van der Waals surface area contributed by atoms with Crippen LogP contribution in [-0.4, -0.2) is 35.6 Å². The Balaban J connectivity index is 1.68. The standard InChI is InChI=1S/C12H18N4O2S/c17-16(18)11-7-14-12(19-11)15-6-2-3-9(8-15)10-4-1-5-13-10/h7,9-10,13H,1-6,8H2. The molecule has 0 aromatic carbocycles. The smallest absolute Gasteiger partial charge is 0.345 e. The number of rotatable bonds is 3. The molecule has 1 N–H and O–H groups in total. The number of hydrogen-bond acceptors (Lipinski definition) is 6. The highest BCUT2D eigenvalue weighted by molar-refractivity contribution is 7.18. The van der Waals surface area contributed by atoms with E-state index in [0.29, 0.717) is 12.0 Å². The minimum absolute atomic E-state index is 0.135. The van der Waals surface area contributed by atoms with Crippen molar-refractivity contribution in [2.45, 2.75) is 31.7 Å². The molecule has 7 heteroatoms. The van der Waals surface area contributed by atoms with Gasteiger partial charge in [0.25, 0.3) is 0 Å². The Kier molecular flexibility index (Phi) is 3.65. The number of thiazole rings is 1. The summed E-state index contributed by atoms with van der Waals surface area (Å²) in [5, 5.41) is 15.2. The van der Waals surface area contributed by atoms with Crippen LogP contribution in [0.4, 0.5) is 10.1 Å². The fourth-order valence-electron chi connectivity index (χ4n) is 3.11. The molecule has 0 spiro atoms. The van der Waals surface area contributed by atoms with E-state index in [2.05, 4.69) is 15.2 Å². The van der Waals surface area contributed by atoms with Gasteiger partial charge < -0.3 is 10.2 Å². The second-order valence-corrected chi connectivity index (χ2v) is 6.28. The highest BCUT2D eigenvalue weighted by Gasteiger charge is 2.30. The van der Waals surface area contributed by atoms with E-state index in [1.165, 1.54) is 36.8 Å². The first-order valence-corrected chi connectivity index (χ1v) is 7.64. The maximum atomic E-state index is 10.7. The lowest BCUT2D eigenvalue weighted by molar-refractivity contribution is -0.380. The number of anilines is 1. The molecule has 2 unspecified atom stereocenters. The fourth-order valence-corrected chi connectivity index (χ4v) is 3.88. The van der Waals surface area contributed by atoms with E-state index in [0.717, 1.165) is 31.2 Å². The van der Waals surface area contributed by atoms with Crippen LogP contribution in [0, 0.1) is 16.0 Å². The van der Waals surface area contributed by atoms with Gasteiger partial charge in [-0.25, -0.2) is 4.98 Å². The zero-order chi connectivity index (χ0) is 13.2. The van der Waals surface area contributed by atoms with Crippen molar-refractivity contribution in [3.05, 3.63) is 16.3 Å². The van der Waals surface area contributed by atoms with Crippen LogP contribution in [0.1, 0.15) is 25.7 Å². The van der Waals surface area contributed by atoms with Crippen LogP contribution in [0.5, 0.6) is 0 Å². The Morgan fingerprint density at radius 1 is 1.47 bits per heavy atom. The third-order valence-electron chi connectivity index (χ3n) is 4.06. The number of hydrogen-bond donors (Lipinski definition) is 1. The molecule has 2 fully saturated rings. The maximum Gasteiger partial charge on any atom is 0.345 e. The molecule has 2 atom stereocenters. The molecule has 3 rings (SSSR count). The maximum absolute atomic E-state index is 10.7. The molecule has 2 aliphatic rings. The molecule has 6 nitrogen and oxygen atoms in total. The van der Waals surface area contributed by atoms with Gasteiger partial charge in [0.2, 0.25) is 0 Å². The summed E-state index contributed by atoms with van der Waals surface area (Å²) in [7, 11) is 0. The summed E-state index contributed by atoms with van der Waals surface area (Å²) in [6.07, 6.45) is 6.30. The Morgan fingerprint density at radius 3 is 3.05 bits per heavy atom. The number of aromatic nitrogens is 1. The molecule has 3 heterocycles. The lowest BCUT2D eigenvalue weighted by Gasteiger charge is -2.35. The molecule has 19 heavy (non-hydrogen) atoms. The summed E-state index contributed by atoms with van der Waals surface area (Å²) in [5.74, 6) is 0.652. The van der Waals surface area contributed by atoms with Gasteiger partial charge in [0.15, 0.2) is 5.13 Å². The summed E-state index contributed by atoms with van der Waals surface area (Å²) < 4.78 is 0. The van der Waals surface area contributed by atoms with Gasteiger partial charge in [-0.2, -0.15) is 0 Å². The number of nitrogens with one attached hydrogen (secondary N) is 1. The van der Waals surface area contributed by atoms with Crippen LogP contribution in [0.25, 0.3) is 0 Å². The van der Waals surface area contributed by atoms with E-state index in [1.54, 1.807) is 0 Å². The van der Waals surface area contributed by atoms with Crippen LogP contribution < -0.4 is 10.2 Å². The van der Waals surface area contributed by atoms with E-state index in [1.807, 2.05) is 0 Å². The Morgan fingerprint density at radius 2 is 2.37 bits per heavy atom. The zero-order valence-corrected chi connectivity index (χ0v) is 11.6. The summed E-state index contributed by atoms with van der Waals surface area (Å²) in [6.45, 7) is 3.07. The van der Waals surface area contributed by atoms with Crippen molar-refractivity contribution >= 4 is 21.5 Å². The van der Waals surface area contributed by atoms with E-state index in [-0.39, 0.29) is 9.92 Å². The van der Waals surface area contributed by atoms with Crippen molar-refractivity contribution in [2.24, 2.45) is 5.92 Å². The topological polar surface area (TPSA) is 71.3 Å². The molecule has 0 radical (unpaired) electrons. The lowest BCUT2D eigenvalue weighted by Crippen LogP contribution is -2.43. The average Bonchev–Trinajstić information content (AvgIpc) is 3.10. The Labute approximate surface area is 116 Å². The second kappa shape index (κ2) is 5.42. The normalized spacial score (nSPS) is 27.7. The van der Waals surface area contributed by atoms with Gasteiger partial charge >= 0.3 is 5.00 Å². The minimum atomic E-state index is -0.360. The van der Waals surface area contributed by atoms with Crippen LogP contribution in [0.3, 0.4) is 0 Å². The van der Waals surface area contributed by atoms with E-state index < -0.39 is 0 Å². The summed E-state index contributed by atoms with van der Waals surface area (Å²) in [6, 6.07) is 0.623. The van der Waals surface area contributed by atoms with E-state index in [4.69, 9.17) is 0 Å². The average molecular weight is 282 g/mol. The number of nitro groups is 1. The number of piperidine rings is 1. The first-order valence-electron chi connectivity index (χ1n) is 6.82. The summed E-state index contributed by atoms with van der Waals surface area (Å²) in [5.41, 5.74) is 0. The van der Waals surface area contributed by atoms with Gasteiger partial charge in [-0.05, 0) is 49.5 Å². The van der Waals surface area contributed by atoms with Crippen molar-refractivity contribution in [2.75, 3.05) is 24.5 Å². The van der Waals surface area contributed by atoms with Crippen molar-refractivity contribution < 1.29 is 4.92 Å². The Hall–Kier alpha value is -1.21. The first kappa shape index (κ1) is 12.8. The fraction of sp³-hybridized carbons (Fsp3) is 0.750. The molecule has 2 saturated heterocycles. The van der Waals surface area contributed by atoms with Crippen LogP contribution in [-0.2, 0) is 0 Å². The Bertz CT molecular complexity index is 458. The number of nitrogens with zero attached hydrogens (tertiary/aromatic N) is 3. The largest absolute Gasteiger partial charge is 0.348 e. The minimum Gasteiger partial charge on any atom is -0.348 e. The predicted molar refractivity (Wildman–Crippen MR) is 74.7 cm³/mol. The summed E-state index contributed by atoms with van der Waals surface area (Å²) >= 11 is 1.19. The van der Waals surface area contributed by atoms with Crippen molar-refractivity contribution in [1.29, 1.82) is 0 Å². The molecular weight excluding hydrogens is 264 g/mol. The summed E-state index contributed by atoms with van der Waals surface area (Å²) in [4.78, 5) is 16.8. The molecule has 2 aliphatic heterocycles. The van der Waals surface area contributed by atoms with Gasteiger partial charge in [-0.15, -0.1) is 0 Å². The van der Waals surface area contributed by atoms with Crippen LogP contribution in [0.15, 0.2) is 6.20 Å². The highest BCUT2D eigenvalue weighted by atomic mass is 32.1. The van der Waals surface area contributed by atoms with Crippen molar-refractivity contribution in [3.8, 4) is 0 Å². The van der Waals surface area contributed by atoms with Crippen LogP contribution in [0.2, 0.25) is 0 Å². The first-order chi connectivity index (χ1) is 9.24. The second-order valence-electron chi connectivity index (χ2n) is 5.29. The predicted octanol–water partition coefficient (Wildman–Crippen LogP) is 2.02. The zero-order valence-electron chi connectivity index (χ0n) is 10.7. The van der Waals surface area contributed by atoms with E-state index >= 15 is 0 Å². The third-order valence-corrected chi connectivity index (χ3v) is 5.07. The molecule has 0 amide bonds. The third kappa shape index (κ3) is 2.71. The molecular formula is C12H18N4O2S. The lowest BCUT2D eigenvalue weighted by atomic mass is 9.90. The van der Waals surface area contributed by atoms with E-state index in [9.17, 15) is 10.1 Å². The highest BCUT2D eigenvalue weighted by Crippen LogP contribution is 2.32. The van der Waals surface area contributed by atoms with Gasteiger partial charge in [-0.1, -0.05) is 0 Å². The molecule has 104 valence electrons. The molecule has 1 aromatic heterocycles. The van der Waals surface area contributed by atoms with Gasteiger partial charge in [0, 0.05) is 19.1 Å². The van der Waals surface area contributed by atoms with Gasteiger partial charge in [0.1, 0.15) is 6.20 Å². The molecule has 0 aliphatic carbocycles. The van der Waals surface area contributed by atoms with Gasteiger partial charge in [-0.3, -0.25) is 10.1 Å². The van der Waals surface area contributed by atoms with Crippen LogP contribution >= 0.6 is 11.3 Å². The quantitative estimate of drug-likeness (QED) is 0.678.